The van der Waals surface area contributed by atoms with Crippen LogP contribution in [0.1, 0.15) is 41.7 Å². The van der Waals surface area contributed by atoms with Gasteiger partial charge in [-0.2, -0.15) is 0 Å². The first-order chi connectivity index (χ1) is 30.8. The molecule has 4 aromatic heterocycles. The monoisotopic (exact) mass is 941 g/mol. The molecule has 64 heavy (non-hydrogen) atoms. The van der Waals surface area contributed by atoms with Gasteiger partial charge in [-0.05, 0) is 65.8 Å². The lowest BCUT2D eigenvalue weighted by Gasteiger charge is -2.30. The molecule has 0 unspecified atom stereocenters. The van der Waals surface area contributed by atoms with Crippen molar-refractivity contribution >= 4 is 73.0 Å². The van der Waals surface area contributed by atoms with Gasteiger partial charge in [-0.15, -0.1) is 0 Å². The second-order valence-electron chi connectivity index (χ2n) is 15.0. The molecule has 0 aliphatic carbocycles. The number of imidazole rings is 2. The van der Waals surface area contributed by atoms with Crippen LogP contribution in [-0.4, -0.2) is 104 Å². The first-order valence-corrected chi connectivity index (χ1v) is 25.0. The summed E-state index contributed by atoms with van der Waals surface area (Å²) in [5.74, 6) is 0.299. The van der Waals surface area contributed by atoms with Gasteiger partial charge in [0.05, 0.1) is 43.7 Å². The summed E-state index contributed by atoms with van der Waals surface area (Å²) in [6.07, 6.45) is -7.04. The molecule has 3 aliphatic heterocycles. The van der Waals surface area contributed by atoms with Gasteiger partial charge in [0.1, 0.15) is 53.3 Å². The Morgan fingerprint density at radius 1 is 0.828 bits per heavy atom. The molecular weight excluding hydrogens is 901 g/mol. The zero-order chi connectivity index (χ0) is 44.8. The Bertz CT molecular complexity index is 2760. The molecule has 0 radical (unpaired) electrons. The number of ether oxygens (including phenoxy) is 4. The Balaban J connectivity index is 0.975. The number of hydrogen-bond donors (Lipinski definition) is 2. The third-order valence-corrected chi connectivity index (χ3v) is 15.4. The summed E-state index contributed by atoms with van der Waals surface area (Å²) < 4.78 is 112. The number of nitrogens with zero attached hydrogens (tertiary/aromatic N) is 7. The molecule has 7 heterocycles. The van der Waals surface area contributed by atoms with Crippen LogP contribution in [0.2, 0.25) is 0 Å². The number of carbonyl (C=O) groups is 1. The second-order valence-corrected chi connectivity index (χ2v) is 21.0. The topological polar surface area (TPSA) is 251 Å². The first kappa shape index (κ1) is 44.2. The van der Waals surface area contributed by atoms with Gasteiger partial charge < -0.3 is 39.5 Å². The summed E-state index contributed by atoms with van der Waals surface area (Å²) in [7, 11) is -3.06. The highest BCUT2D eigenvalue weighted by Crippen LogP contribution is 2.65. The van der Waals surface area contributed by atoms with Gasteiger partial charge in [0.25, 0.3) is 15.0 Å². The predicted molar refractivity (Wildman–Crippen MR) is 230 cm³/mol. The summed E-state index contributed by atoms with van der Waals surface area (Å²) in [6, 6.07) is 14.5. The molecule has 3 saturated heterocycles. The molecule has 26 heteroatoms. The highest BCUT2D eigenvalue weighted by molar-refractivity contribution is 8.54. The number of carbonyl (C=O) groups excluding carboxylic acids is 1. The number of fused-ring (bicyclic) bond motifs is 4. The maximum Gasteiger partial charge on any atom is 0.389 e. The van der Waals surface area contributed by atoms with Crippen LogP contribution in [0.5, 0.6) is 11.5 Å². The van der Waals surface area contributed by atoms with E-state index in [0.29, 0.717) is 34.9 Å². The molecule has 3 fully saturated rings. The van der Waals surface area contributed by atoms with Gasteiger partial charge in [0, 0.05) is 11.9 Å². The van der Waals surface area contributed by atoms with Crippen LogP contribution in [0.4, 0.5) is 20.3 Å². The van der Waals surface area contributed by atoms with E-state index in [1.54, 1.807) is 48.5 Å². The summed E-state index contributed by atoms with van der Waals surface area (Å²) in [6.45, 7) is -3.23. The Hall–Kier alpha value is -5.03. The Labute approximate surface area is 367 Å². The minimum absolute atomic E-state index is 0.0265. The lowest BCUT2D eigenvalue weighted by Crippen LogP contribution is -2.37. The molecule has 20 nitrogen and oxygen atoms in total. The normalized spacial score (nSPS) is 29.7. The lowest BCUT2D eigenvalue weighted by atomic mass is 10.1. The number of halogens is 2. The van der Waals surface area contributed by atoms with Gasteiger partial charge >= 0.3 is 12.8 Å². The van der Waals surface area contributed by atoms with Crippen molar-refractivity contribution in [3.8, 4) is 11.5 Å². The Morgan fingerprint density at radius 3 is 2.14 bits per heavy atom. The summed E-state index contributed by atoms with van der Waals surface area (Å²) >= 11 is 0.707. The fourth-order valence-electron chi connectivity index (χ4n) is 7.30. The van der Waals surface area contributed by atoms with Crippen LogP contribution in [0.25, 0.3) is 22.3 Å². The quantitative estimate of drug-likeness (QED) is 0.0743. The third kappa shape index (κ3) is 8.98. The molecule has 9 rings (SSSR count). The number of alkyl halides is 2. The summed E-state index contributed by atoms with van der Waals surface area (Å²) in [5, 5.41) is 0. The number of hydrogen-bond acceptors (Lipinski definition) is 19. The number of nitrogens with two attached hydrogens (primary N) is 2. The van der Waals surface area contributed by atoms with Crippen molar-refractivity contribution in [1.29, 1.82) is 0 Å². The number of benzene rings is 2. The number of nitrogen functional groups attached to an aromatic ring is 2. The minimum Gasteiger partial charge on any atom is -0.494 e. The van der Waals surface area contributed by atoms with Crippen LogP contribution in [-0.2, 0) is 42.5 Å². The molecule has 0 bridgehead atoms. The molecule has 0 saturated carbocycles. The van der Waals surface area contributed by atoms with E-state index in [1.807, 2.05) is 6.92 Å². The number of esters is 1. The molecule has 0 amide bonds. The zero-order valence-electron chi connectivity index (χ0n) is 34.0. The molecule has 3 aliphatic rings. The van der Waals surface area contributed by atoms with Crippen molar-refractivity contribution in [2.75, 3.05) is 31.3 Å². The second kappa shape index (κ2) is 18.1. The summed E-state index contributed by atoms with van der Waals surface area (Å²) in [5.41, 5.74) is 14.0. The van der Waals surface area contributed by atoms with Crippen LogP contribution in [0.3, 0.4) is 0 Å². The maximum absolute atomic E-state index is 16.9. The Morgan fingerprint density at radius 2 is 1.45 bits per heavy atom. The minimum atomic E-state index is -4.51. The van der Waals surface area contributed by atoms with Crippen molar-refractivity contribution in [3.63, 3.8) is 0 Å². The fourth-order valence-corrected chi connectivity index (χ4v) is 11.9. The number of pyridine rings is 1. The van der Waals surface area contributed by atoms with Crippen molar-refractivity contribution < 1.29 is 59.7 Å². The van der Waals surface area contributed by atoms with Crippen molar-refractivity contribution in [2.24, 2.45) is 0 Å². The smallest absolute Gasteiger partial charge is 0.389 e. The van der Waals surface area contributed by atoms with E-state index in [-0.39, 0.29) is 45.3 Å². The van der Waals surface area contributed by atoms with Crippen LogP contribution < -0.4 is 20.9 Å². The van der Waals surface area contributed by atoms with Crippen molar-refractivity contribution in [3.05, 3.63) is 90.9 Å². The molecule has 336 valence electrons. The maximum atomic E-state index is 16.9. The molecule has 0 spiro atoms. The average molecular weight is 942 g/mol. The van der Waals surface area contributed by atoms with E-state index in [2.05, 4.69) is 24.9 Å². The summed E-state index contributed by atoms with van der Waals surface area (Å²) in [4.78, 5) is 33.7. The fraction of sp³-hybridized carbons (Fsp3) is 0.368. The van der Waals surface area contributed by atoms with Gasteiger partial charge in [-0.25, -0.2) is 43.1 Å². The van der Waals surface area contributed by atoms with Crippen molar-refractivity contribution in [2.45, 2.75) is 68.3 Å². The zero-order valence-corrected chi connectivity index (χ0v) is 36.6. The van der Waals surface area contributed by atoms with Gasteiger partial charge in [0.2, 0.25) is 0 Å². The molecular formula is C38H40BF2N9O11P2S. The number of anilines is 2. The lowest BCUT2D eigenvalue weighted by molar-refractivity contribution is -0.0546. The Kier molecular flexibility index (Phi) is 12.5. The van der Waals surface area contributed by atoms with Crippen molar-refractivity contribution in [1.82, 2.24) is 34.1 Å². The van der Waals surface area contributed by atoms with E-state index in [9.17, 15) is 13.9 Å². The highest BCUT2D eigenvalue weighted by Gasteiger charge is 2.54. The first-order valence-electron chi connectivity index (χ1n) is 19.9. The van der Waals surface area contributed by atoms with Crippen LogP contribution >= 0.6 is 25.7 Å². The third-order valence-electron chi connectivity index (χ3n) is 10.5. The van der Waals surface area contributed by atoms with E-state index in [1.165, 1.54) is 40.4 Å². The number of aromatic nitrogens is 7. The number of rotatable bonds is 10. The van der Waals surface area contributed by atoms with Crippen LogP contribution in [0, 0.1) is 0 Å². The van der Waals surface area contributed by atoms with Gasteiger partial charge in [0.15, 0.2) is 41.9 Å². The molecule has 2 aromatic carbocycles. The van der Waals surface area contributed by atoms with Crippen LogP contribution in [0.15, 0.2) is 79.8 Å². The van der Waals surface area contributed by atoms with E-state index < -0.39 is 82.7 Å². The van der Waals surface area contributed by atoms with Gasteiger partial charge in [-0.1, -0.05) is 19.1 Å². The highest BCUT2D eigenvalue weighted by atomic mass is 32.7. The predicted octanol–water partition coefficient (Wildman–Crippen LogP) is 5.51. The average Bonchev–Trinajstić information content (AvgIpc) is 4.06. The van der Waals surface area contributed by atoms with E-state index in [0.717, 1.165) is 14.0 Å². The largest absolute Gasteiger partial charge is 0.494 e. The standard InChI is InChI=1S/C38H40BF2N9O11P2S/c1-2-13-54-22-9-5-21(6-10-22)38(51)57-23-7-3-20(4-8-23)16-64-63(53)56-15-26-31(27(40)36(59-26)50-19-48-30-33(43)45-17-46-35(30)50)60-62(39,52)55-14-25-32(61-63)28(41)37(58-25)49-18-47-29-24(42)11-12-44-34(29)49/h3-12,17-19,25-28,31-32,36-37H,2,13-16,39H2,1H3,(H2,42,44)(H2,43,45,46)/t25-,26-,27-,28-,31-,32-,36-,37-,62-,63+/m1/s1. The van der Waals surface area contributed by atoms with E-state index >= 15 is 8.78 Å². The molecule has 10 atom stereocenters. The van der Waals surface area contributed by atoms with Gasteiger partial charge in [-0.3, -0.25) is 22.7 Å². The SMILES string of the molecule is B[P@@]1(=O)OC[C@H]2O[C@@H](n3cnc4c(N)ccnc43)[C@H](F)[C@@H]2O[P@@](=O)(SCc2ccc(OC(=O)c3ccc(OCCC)cc3)cc2)OC[C@H]2O[C@@H](n3cnc4c(N)ncnc43)[C@H](F)[C@@H]2O1. The molecule has 6 aromatic rings. The van der Waals surface area contributed by atoms with E-state index in [4.69, 9.17) is 48.5 Å². The molecule has 4 N–H and O–H groups in total.